The monoisotopic (exact) mass is 391 g/mol. The third-order valence-electron chi connectivity index (χ3n) is 5.58. The zero-order chi connectivity index (χ0) is 20.4. The molecule has 2 aromatic carbocycles. The predicted molar refractivity (Wildman–Crippen MR) is 114 cm³/mol. The van der Waals surface area contributed by atoms with Crippen molar-refractivity contribution >= 4 is 11.6 Å². The van der Waals surface area contributed by atoms with Gasteiger partial charge in [-0.1, -0.05) is 48.4 Å². The molecule has 0 unspecified atom stereocenters. The largest absolute Gasteiger partial charge is 0.327 e. The second-order valence-corrected chi connectivity index (χ2v) is 7.56. The Kier molecular flexibility index (Phi) is 5.47. The predicted octanol–water partition coefficient (Wildman–Crippen LogP) is 5.39. The molecule has 1 aliphatic rings. The highest BCUT2D eigenvalue weighted by molar-refractivity contribution is 6.06. The van der Waals surface area contributed by atoms with Gasteiger partial charge in [-0.2, -0.15) is 0 Å². The number of aryl methyl sites for hydroxylation is 1. The van der Waals surface area contributed by atoms with Gasteiger partial charge in [0.15, 0.2) is 5.69 Å². The molecule has 0 atom stereocenters. The van der Waals surface area contributed by atoms with Crippen LogP contribution in [0.5, 0.6) is 0 Å². The van der Waals surface area contributed by atoms with E-state index in [2.05, 4.69) is 35.8 Å². The van der Waals surface area contributed by atoms with E-state index in [0.29, 0.717) is 17.9 Å². The Bertz CT molecular complexity index is 1020. The molecule has 4 nitrogen and oxygen atoms in total. The van der Waals surface area contributed by atoms with Crippen molar-refractivity contribution in [2.45, 2.75) is 46.1 Å². The highest BCUT2D eigenvalue weighted by Crippen LogP contribution is 2.29. The van der Waals surface area contributed by atoms with E-state index in [-0.39, 0.29) is 5.91 Å². The molecule has 0 bridgehead atoms. The molecule has 5 heteroatoms. The number of amides is 1. The van der Waals surface area contributed by atoms with Crippen molar-refractivity contribution in [3.05, 3.63) is 71.3 Å². The molecule has 0 aliphatic carbocycles. The third kappa shape index (κ3) is 3.69. The fraction of sp³-hybridized carbons (Fsp3) is 0.333. The van der Waals surface area contributed by atoms with Gasteiger partial charge in [-0.05, 0) is 45.2 Å². The molecular weight excluding hydrogens is 365 g/mol. The zero-order valence-corrected chi connectivity index (χ0v) is 17.0. The first-order valence-corrected chi connectivity index (χ1v) is 10.3. The van der Waals surface area contributed by atoms with Crippen LogP contribution in [0, 0.1) is 12.7 Å². The summed E-state index contributed by atoms with van der Waals surface area (Å²) in [4.78, 5) is 19.8. The highest BCUT2D eigenvalue weighted by atomic mass is 19.1. The lowest BCUT2D eigenvalue weighted by atomic mass is 10.1. The zero-order valence-electron chi connectivity index (χ0n) is 17.0. The maximum atomic E-state index is 14.4. The van der Waals surface area contributed by atoms with E-state index in [1.165, 1.54) is 16.5 Å². The number of anilines is 1. The lowest BCUT2D eigenvalue weighted by Crippen LogP contribution is -2.32. The van der Waals surface area contributed by atoms with Crippen molar-refractivity contribution in [1.29, 1.82) is 0 Å². The number of aromatic nitrogens is 2. The molecule has 1 amide bonds. The Morgan fingerprint density at radius 2 is 1.86 bits per heavy atom. The fourth-order valence-corrected chi connectivity index (χ4v) is 4.04. The van der Waals surface area contributed by atoms with Crippen LogP contribution in [0.3, 0.4) is 0 Å². The van der Waals surface area contributed by atoms with Gasteiger partial charge in [0.05, 0.1) is 11.4 Å². The third-order valence-corrected chi connectivity index (χ3v) is 5.58. The molecule has 3 aromatic rings. The summed E-state index contributed by atoms with van der Waals surface area (Å²) < 4.78 is 16.6. The van der Waals surface area contributed by atoms with Crippen LogP contribution in [0.4, 0.5) is 10.1 Å². The standard InChI is InChI=1S/C24H26FN3O/c1-3-27(20-10-7-6-9-19(20)25)24(29)22-21-11-5-4-8-16-28(21)23(26-22)18-14-12-17(2)13-15-18/h6-7,9-10,12-15H,3-5,8,11,16H2,1-2H3. The molecule has 0 radical (unpaired) electrons. The SMILES string of the molecule is CCN(C(=O)c1nc(-c2ccc(C)cc2)n2c1CCCCC2)c1ccccc1F. The van der Waals surface area contributed by atoms with E-state index in [1.807, 2.05) is 6.92 Å². The van der Waals surface area contributed by atoms with Crippen LogP contribution in [0.15, 0.2) is 48.5 Å². The minimum Gasteiger partial charge on any atom is -0.327 e. The average molecular weight is 391 g/mol. The number of halogens is 1. The number of carbonyl (C=O) groups is 1. The first-order chi connectivity index (χ1) is 14.1. The lowest BCUT2D eigenvalue weighted by Gasteiger charge is -2.21. The molecule has 0 saturated heterocycles. The second kappa shape index (κ2) is 8.19. The molecule has 150 valence electrons. The normalized spacial score (nSPS) is 13.6. The van der Waals surface area contributed by atoms with Crippen LogP contribution in [-0.4, -0.2) is 22.0 Å². The maximum Gasteiger partial charge on any atom is 0.278 e. The van der Waals surface area contributed by atoms with Crippen molar-refractivity contribution < 1.29 is 9.18 Å². The van der Waals surface area contributed by atoms with Gasteiger partial charge in [-0.3, -0.25) is 4.79 Å². The van der Waals surface area contributed by atoms with Gasteiger partial charge in [-0.25, -0.2) is 9.37 Å². The summed E-state index contributed by atoms with van der Waals surface area (Å²) in [5, 5.41) is 0. The van der Waals surface area contributed by atoms with E-state index in [1.54, 1.807) is 18.2 Å². The molecule has 0 fully saturated rings. The molecule has 0 saturated carbocycles. The van der Waals surface area contributed by atoms with Gasteiger partial charge in [-0.15, -0.1) is 0 Å². The number of fused-ring (bicyclic) bond motifs is 1. The Labute approximate surface area is 171 Å². The van der Waals surface area contributed by atoms with Crippen molar-refractivity contribution in [2.75, 3.05) is 11.4 Å². The maximum absolute atomic E-state index is 14.4. The molecule has 4 rings (SSSR count). The lowest BCUT2D eigenvalue weighted by molar-refractivity contribution is 0.0982. The minimum absolute atomic E-state index is 0.235. The van der Waals surface area contributed by atoms with Crippen LogP contribution in [0.25, 0.3) is 11.4 Å². The summed E-state index contributed by atoms with van der Waals surface area (Å²) in [5.41, 5.74) is 3.91. The number of benzene rings is 2. The van der Waals surface area contributed by atoms with Crippen molar-refractivity contribution in [1.82, 2.24) is 9.55 Å². The summed E-state index contributed by atoms with van der Waals surface area (Å²) in [6.45, 7) is 5.15. The summed E-state index contributed by atoms with van der Waals surface area (Å²) in [7, 11) is 0. The summed E-state index contributed by atoms with van der Waals surface area (Å²) in [5.74, 6) is 0.197. The van der Waals surface area contributed by atoms with E-state index >= 15 is 0 Å². The average Bonchev–Trinajstić information content (AvgIpc) is 2.91. The number of hydrogen-bond acceptors (Lipinski definition) is 2. The minimum atomic E-state index is -0.397. The molecule has 0 N–H and O–H groups in total. The number of rotatable bonds is 4. The van der Waals surface area contributed by atoms with Gasteiger partial charge < -0.3 is 9.47 Å². The number of hydrogen-bond donors (Lipinski definition) is 0. The number of para-hydroxylation sites is 1. The first-order valence-electron chi connectivity index (χ1n) is 10.3. The van der Waals surface area contributed by atoms with Crippen molar-refractivity contribution in [3.8, 4) is 11.4 Å². The van der Waals surface area contributed by atoms with E-state index in [4.69, 9.17) is 4.98 Å². The Balaban J connectivity index is 1.81. The number of carbonyl (C=O) groups excluding carboxylic acids is 1. The Hall–Kier alpha value is -2.95. The van der Waals surface area contributed by atoms with E-state index in [9.17, 15) is 9.18 Å². The molecule has 2 heterocycles. The number of imidazole rings is 1. The van der Waals surface area contributed by atoms with E-state index < -0.39 is 5.82 Å². The molecule has 1 aliphatic heterocycles. The first kappa shape index (κ1) is 19.4. The quantitative estimate of drug-likeness (QED) is 0.598. The van der Waals surface area contributed by atoms with Crippen LogP contribution < -0.4 is 4.90 Å². The smallest absolute Gasteiger partial charge is 0.278 e. The van der Waals surface area contributed by atoms with Gasteiger partial charge in [0.2, 0.25) is 0 Å². The summed E-state index contributed by atoms with van der Waals surface area (Å²) in [6.07, 6.45) is 4.05. The molecule has 29 heavy (non-hydrogen) atoms. The molecule has 0 spiro atoms. The van der Waals surface area contributed by atoms with Gasteiger partial charge in [0.25, 0.3) is 5.91 Å². The summed E-state index contributed by atoms with van der Waals surface area (Å²) in [6, 6.07) is 14.6. The highest BCUT2D eigenvalue weighted by Gasteiger charge is 2.28. The van der Waals surface area contributed by atoms with Crippen LogP contribution in [0.2, 0.25) is 0 Å². The Morgan fingerprint density at radius 3 is 2.59 bits per heavy atom. The van der Waals surface area contributed by atoms with Crippen LogP contribution >= 0.6 is 0 Å². The fourth-order valence-electron chi connectivity index (χ4n) is 4.04. The van der Waals surface area contributed by atoms with Gasteiger partial charge in [0.1, 0.15) is 11.6 Å². The van der Waals surface area contributed by atoms with Crippen molar-refractivity contribution in [2.24, 2.45) is 0 Å². The summed E-state index contributed by atoms with van der Waals surface area (Å²) >= 11 is 0. The number of nitrogens with zero attached hydrogens (tertiary/aromatic N) is 3. The van der Waals surface area contributed by atoms with Crippen LogP contribution in [-0.2, 0) is 13.0 Å². The van der Waals surface area contributed by atoms with Crippen LogP contribution in [0.1, 0.15) is 47.9 Å². The second-order valence-electron chi connectivity index (χ2n) is 7.56. The van der Waals surface area contributed by atoms with E-state index in [0.717, 1.165) is 49.3 Å². The molecular formula is C24H26FN3O. The topological polar surface area (TPSA) is 38.1 Å². The van der Waals surface area contributed by atoms with Crippen molar-refractivity contribution in [3.63, 3.8) is 0 Å². The van der Waals surface area contributed by atoms with Gasteiger partial charge in [0, 0.05) is 18.7 Å². The van der Waals surface area contributed by atoms with Gasteiger partial charge >= 0.3 is 0 Å². The molecule has 1 aromatic heterocycles. The Morgan fingerprint density at radius 1 is 1.10 bits per heavy atom.